The number of hydrogen-bond acceptors (Lipinski definition) is 6. The summed E-state index contributed by atoms with van der Waals surface area (Å²) in [7, 11) is 0. The van der Waals surface area contributed by atoms with E-state index >= 15 is 0 Å². The summed E-state index contributed by atoms with van der Waals surface area (Å²) in [6.45, 7) is 8.04. The van der Waals surface area contributed by atoms with Crippen molar-refractivity contribution >= 4 is 45.1 Å². The van der Waals surface area contributed by atoms with Gasteiger partial charge in [-0.2, -0.15) is 5.10 Å². The van der Waals surface area contributed by atoms with Gasteiger partial charge in [0.25, 0.3) is 0 Å². The molecule has 1 atom stereocenters. The zero-order valence-electron chi connectivity index (χ0n) is 18.7. The van der Waals surface area contributed by atoms with E-state index in [9.17, 15) is 4.79 Å². The Morgan fingerprint density at radius 1 is 1.32 bits per heavy atom. The molecule has 0 radical (unpaired) electrons. The Hall–Kier alpha value is -3.65. The van der Waals surface area contributed by atoms with Gasteiger partial charge in [-0.1, -0.05) is 24.2 Å². The van der Waals surface area contributed by atoms with Crippen molar-refractivity contribution in [3.8, 4) is 16.9 Å². The predicted molar refractivity (Wildman–Crippen MR) is 132 cm³/mol. The van der Waals surface area contributed by atoms with Crippen LogP contribution in [0.5, 0.6) is 5.75 Å². The van der Waals surface area contributed by atoms with Gasteiger partial charge in [0, 0.05) is 37.0 Å². The molecule has 1 amide bonds. The van der Waals surface area contributed by atoms with Gasteiger partial charge in [-0.25, -0.2) is 9.97 Å². The third-order valence-electron chi connectivity index (χ3n) is 6.84. The maximum Gasteiger partial charge on any atom is 0.246 e. The molecule has 6 rings (SSSR count). The van der Waals surface area contributed by atoms with Crippen LogP contribution in [0, 0.1) is 6.92 Å². The predicted octanol–water partition coefficient (Wildman–Crippen LogP) is 4.12. The Balaban J connectivity index is 1.54. The van der Waals surface area contributed by atoms with E-state index in [1.165, 1.54) is 6.08 Å². The number of nitrogens with one attached hydrogen (secondary N) is 1. The van der Waals surface area contributed by atoms with E-state index in [2.05, 4.69) is 44.6 Å². The number of aryl methyl sites for hydroxylation is 1. The van der Waals surface area contributed by atoms with E-state index in [4.69, 9.17) is 16.3 Å². The van der Waals surface area contributed by atoms with E-state index in [-0.39, 0.29) is 11.9 Å². The number of anilines is 1. The first kappa shape index (κ1) is 20.9. The van der Waals surface area contributed by atoms with Crippen molar-refractivity contribution in [2.75, 3.05) is 31.1 Å². The Labute approximate surface area is 201 Å². The summed E-state index contributed by atoms with van der Waals surface area (Å²) in [6.07, 6.45) is 5.52. The van der Waals surface area contributed by atoms with Crippen LogP contribution in [0.2, 0.25) is 5.02 Å². The third-order valence-corrected chi connectivity index (χ3v) is 7.22. The van der Waals surface area contributed by atoms with Crippen molar-refractivity contribution in [3.63, 3.8) is 0 Å². The number of nitrogens with zero attached hydrogens (tertiary/aromatic N) is 5. The number of piperazine rings is 1. The fraction of sp³-hybridized carbons (Fsp3) is 0.280. The van der Waals surface area contributed by atoms with Crippen molar-refractivity contribution in [2.24, 2.45) is 0 Å². The summed E-state index contributed by atoms with van der Waals surface area (Å²) in [5.41, 5.74) is 4.67. The normalized spacial score (nSPS) is 17.8. The number of amides is 1. The molecule has 8 nitrogen and oxygen atoms in total. The lowest BCUT2D eigenvalue weighted by molar-refractivity contribution is -0.126. The molecule has 0 aliphatic carbocycles. The summed E-state index contributed by atoms with van der Waals surface area (Å²) in [6, 6.07) is 6.17. The Bertz CT molecular complexity index is 1470. The van der Waals surface area contributed by atoms with Gasteiger partial charge in [-0.3, -0.25) is 9.89 Å². The number of aromatic amines is 1. The summed E-state index contributed by atoms with van der Waals surface area (Å²) >= 11 is 7.06. The first-order valence-corrected chi connectivity index (χ1v) is 11.7. The molecular weight excluding hydrogens is 452 g/mol. The average Bonchev–Trinajstić information content (AvgIpc) is 3.32. The lowest BCUT2D eigenvalue weighted by Gasteiger charge is -2.43. The topological polar surface area (TPSA) is 87.2 Å². The van der Waals surface area contributed by atoms with Crippen molar-refractivity contribution < 1.29 is 9.53 Å². The smallest absolute Gasteiger partial charge is 0.246 e. The first-order valence-electron chi connectivity index (χ1n) is 11.3. The molecule has 0 spiro atoms. The van der Waals surface area contributed by atoms with Crippen LogP contribution < -0.4 is 9.64 Å². The first-order chi connectivity index (χ1) is 16.6. The van der Waals surface area contributed by atoms with E-state index in [0.29, 0.717) is 37.0 Å². The van der Waals surface area contributed by atoms with Crippen LogP contribution in [0.3, 0.4) is 0 Å². The van der Waals surface area contributed by atoms with Gasteiger partial charge in [0.1, 0.15) is 12.1 Å². The van der Waals surface area contributed by atoms with Crippen LogP contribution in [-0.2, 0) is 4.79 Å². The van der Waals surface area contributed by atoms with Crippen LogP contribution >= 0.6 is 11.6 Å². The fourth-order valence-electron chi connectivity index (χ4n) is 5.18. The number of fused-ring (bicyclic) bond motifs is 3. The highest BCUT2D eigenvalue weighted by Gasteiger charge is 2.34. The van der Waals surface area contributed by atoms with Crippen LogP contribution in [-0.4, -0.2) is 63.3 Å². The molecule has 34 heavy (non-hydrogen) atoms. The standard InChI is InChI=1S/C25H23ClN6O2/c1-3-20(33)31-7-8-32-15(12-31)6-9-34-24-22-19(27-13-28-25(22)32)10-16(23(24)26)21-14(2)4-5-18-17(21)11-29-30-18/h3-5,10-11,13,15H,1,6-9,12H2,2H3,(H,29,30)/t15-/m0/s1. The number of halogens is 1. The lowest BCUT2D eigenvalue weighted by atomic mass is 9.95. The number of benzene rings is 2. The van der Waals surface area contributed by atoms with Gasteiger partial charge in [0.2, 0.25) is 5.91 Å². The molecule has 1 fully saturated rings. The fourth-order valence-corrected chi connectivity index (χ4v) is 5.47. The SMILES string of the molecule is C=CC(=O)N1CCN2c3ncnc4cc(-c5c(C)ccc6[nH]ncc56)c(Cl)c(c34)OCC[C@H]2C1. The minimum absolute atomic E-state index is 0.0488. The zero-order valence-corrected chi connectivity index (χ0v) is 19.5. The Morgan fingerprint density at radius 2 is 2.21 bits per heavy atom. The minimum Gasteiger partial charge on any atom is -0.491 e. The molecule has 0 unspecified atom stereocenters. The van der Waals surface area contributed by atoms with Gasteiger partial charge in [0.15, 0.2) is 5.75 Å². The van der Waals surface area contributed by atoms with Crippen LogP contribution in [0.25, 0.3) is 32.9 Å². The highest BCUT2D eigenvalue weighted by Crippen LogP contribution is 2.47. The molecular formula is C25H23ClN6O2. The number of carbonyl (C=O) groups is 1. The molecule has 0 saturated carbocycles. The second-order valence-corrected chi connectivity index (χ2v) is 9.10. The molecule has 2 aliphatic heterocycles. The Kier molecular flexibility index (Phi) is 4.91. The quantitative estimate of drug-likeness (QED) is 0.440. The highest BCUT2D eigenvalue weighted by molar-refractivity contribution is 6.37. The lowest BCUT2D eigenvalue weighted by Crippen LogP contribution is -2.55. The summed E-state index contributed by atoms with van der Waals surface area (Å²) < 4.78 is 6.31. The highest BCUT2D eigenvalue weighted by atomic mass is 35.5. The molecule has 1 N–H and O–H groups in total. The second-order valence-electron chi connectivity index (χ2n) is 8.72. The molecule has 2 aromatic carbocycles. The number of aromatic nitrogens is 4. The summed E-state index contributed by atoms with van der Waals surface area (Å²) in [4.78, 5) is 25.6. The molecule has 4 heterocycles. The van der Waals surface area contributed by atoms with E-state index in [0.717, 1.165) is 50.7 Å². The number of rotatable bonds is 2. The third kappa shape index (κ3) is 3.13. The van der Waals surface area contributed by atoms with E-state index in [1.807, 2.05) is 23.2 Å². The van der Waals surface area contributed by atoms with Crippen LogP contribution in [0.1, 0.15) is 12.0 Å². The minimum atomic E-state index is -0.0488. The van der Waals surface area contributed by atoms with Crippen LogP contribution in [0.4, 0.5) is 5.82 Å². The van der Waals surface area contributed by atoms with Crippen molar-refractivity contribution in [2.45, 2.75) is 19.4 Å². The molecule has 1 saturated heterocycles. The van der Waals surface area contributed by atoms with Crippen molar-refractivity contribution in [1.82, 2.24) is 25.1 Å². The Morgan fingerprint density at radius 3 is 3.06 bits per heavy atom. The summed E-state index contributed by atoms with van der Waals surface area (Å²) in [5.74, 6) is 1.35. The number of hydrogen-bond donors (Lipinski definition) is 1. The number of H-pyrrole nitrogens is 1. The van der Waals surface area contributed by atoms with Gasteiger partial charge in [0.05, 0.1) is 40.3 Å². The maximum absolute atomic E-state index is 12.2. The molecule has 2 aromatic heterocycles. The molecule has 4 aromatic rings. The monoisotopic (exact) mass is 474 g/mol. The maximum atomic E-state index is 12.2. The summed E-state index contributed by atoms with van der Waals surface area (Å²) in [5, 5.41) is 9.60. The van der Waals surface area contributed by atoms with Crippen molar-refractivity contribution in [1.29, 1.82) is 0 Å². The number of carbonyl (C=O) groups excluding carboxylic acids is 1. The number of ether oxygens (including phenoxy) is 1. The van der Waals surface area contributed by atoms with Gasteiger partial charge < -0.3 is 14.5 Å². The average molecular weight is 475 g/mol. The van der Waals surface area contributed by atoms with Gasteiger partial charge in [-0.15, -0.1) is 0 Å². The van der Waals surface area contributed by atoms with E-state index in [1.54, 1.807) is 6.33 Å². The largest absolute Gasteiger partial charge is 0.491 e. The molecule has 2 aliphatic rings. The second kappa shape index (κ2) is 7.99. The molecule has 172 valence electrons. The van der Waals surface area contributed by atoms with Gasteiger partial charge in [-0.05, 0) is 36.3 Å². The molecule has 9 heteroatoms. The zero-order chi connectivity index (χ0) is 23.4. The van der Waals surface area contributed by atoms with Crippen molar-refractivity contribution in [3.05, 3.63) is 54.0 Å². The van der Waals surface area contributed by atoms with Crippen LogP contribution in [0.15, 0.2) is 43.4 Å². The van der Waals surface area contributed by atoms with Gasteiger partial charge >= 0.3 is 0 Å². The molecule has 0 bridgehead atoms. The van der Waals surface area contributed by atoms with E-state index < -0.39 is 0 Å².